The number of hydrogen-bond acceptors (Lipinski definition) is 5. The number of likely N-dealkylation sites (tertiary alicyclic amines) is 1. The van der Waals surface area contributed by atoms with Gasteiger partial charge in [0.15, 0.2) is 0 Å². The van der Waals surface area contributed by atoms with E-state index in [0.717, 1.165) is 31.5 Å². The van der Waals surface area contributed by atoms with Crippen LogP contribution >= 0.6 is 0 Å². The molecule has 1 atom stereocenters. The lowest BCUT2D eigenvalue weighted by Gasteiger charge is -2.33. The summed E-state index contributed by atoms with van der Waals surface area (Å²) in [6, 6.07) is 14.8. The quantitative estimate of drug-likeness (QED) is 0.550. The second kappa shape index (κ2) is 12.7. The predicted octanol–water partition coefficient (Wildman–Crippen LogP) is 4.06. The summed E-state index contributed by atoms with van der Waals surface area (Å²) >= 11 is 0. The van der Waals surface area contributed by atoms with Crippen molar-refractivity contribution in [3.63, 3.8) is 0 Å². The lowest BCUT2D eigenvalue weighted by atomic mass is 9.84. The number of aliphatic hydroxyl groups is 1. The zero-order valence-corrected chi connectivity index (χ0v) is 21.8. The average molecular weight is 505 g/mol. The van der Waals surface area contributed by atoms with E-state index in [4.69, 9.17) is 9.47 Å². The number of ether oxygens (including phenoxy) is 2. The maximum Gasteiger partial charge on any atom is 0.246 e. The number of benzene rings is 2. The van der Waals surface area contributed by atoms with Crippen LogP contribution in [0.25, 0.3) is 6.08 Å². The summed E-state index contributed by atoms with van der Waals surface area (Å²) in [6.07, 6.45) is 10.2. The summed E-state index contributed by atoms with van der Waals surface area (Å²) < 4.78 is 11.3. The van der Waals surface area contributed by atoms with Crippen molar-refractivity contribution in [2.75, 3.05) is 52.5 Å². The van der Waals surface area contributed by atoms with Gasteiger partial charge in [-0.2, -0.15) is 0 Å². The summed E-state index contributed by atoms with van der Waals surface area (Å²) in [7, 11) is 0. The van der Waals surface area contributed by atoms with Crippen LogP contribution in [-0.2, 0) is 22.4 Å². The second-order valence-electron chi connectivity index (χ2n) is 10.6. The summed E-state index contributed by atoms with van der Waals surface area (Å²) in [5.41, 5.74) is 5.46. The number of para-hydroxylation sites is 1. The first-order valence-corrected chi connectivity index (χ1v) is 13.9. The molecular formula is C31H40N2O4. The third-order valence-corrected chi connectivity index (χ3v) is 7.98. The molecule has 0 unspecified atom stereocenters. The minimum Gasteiger partial charge on any atom is -0.490 e. The Morgan fingerprint density at radius 1 is 1.03 bits per heavy atom. The highest BCUT2D eigenvalue weighted by molar-refractivity contribution is 5.92. The van der Waals surface area contributed by atoms with Gasteiger partial charge < -0.3 is 24.4 Å². The molecule has 1 aliphatic carbocycles. The third kappa shape index (κ3) is 7.01. The Balaban J connectivity index is 1.08. The van der Waals surface area contributed by atoms with Gasteiger partial charge in [-0.05, 0) is 86.4 Å². The van der Waals surface area contributed by atoms with Crippen molar-refractivity contribution in [1.29, 1.82) is 0 Å². The number of hydrogen-bond donors (Lipinski definition) is 1. The van der Waals surface area contributed by atoms with E-state index in [1.54, 1.807) is 28.2 Å². The zero-order chi connectivity index (χ0) is 25.5. The van der Waals surface area contributed by atoms with E-state index in [0.29, 0.717) is 44.5 Å². The van der Waals surface area contributed by atoms with E-state index in [-0.39, 0.29) is 12.5 Å². The summed E-state index contributed by atoms with van der Waals surface area (Å²) in [4.78, 5) is 16.6. The standard InChI is InChI=1S/C31H40N2O4/c34-29(22-32-15-13-25(14-16-32)28-10-9-24-5-1-2-7-27(24)21-28)23-37-30-8-4-3-6-26(30)11-12-31(35)33-17-19-36-20-18-33/h3-4,6,8-12,21,25,29,34H,1-2,5,7,13-20,22-23H2/t29-/m0/s1. The summed E-state index contributed by atoms with van der Waals surface area (Å²) in [5.74, 6) is 1.28. The number of carbonyl (C=O) groups excluding carboxylic acids is 1. The first-order valence-electron chi connectivity index (χ1n) is 13.9. The number of rotatable bonds is 8. The van der Waals surface area contributed by atoms with Crippen molar-refractivity contribution < 1.29 is 19.4 Å². The summed E-state index contributed by atoms with van der Waals surface area (Å²) in [6.45, 7) is 5.27. The maximum absolute atomic E-state index is 12.4. The predicted molar refractivity (Wildman–Crippen MR) is 146 cm³/mol. The fraction of sp³-hybridized carbons (Fsp3) is 0.516. The van der Waals surface area contributed by atoms with E-state index in [9.17, 15) is 9.90 Å². The molecule has 2 fully saturated rings. The Morgan fingerprint density at radius 3 is 2.59 bits per heavy atom. The minimum absolute atomic E-state index is 0.0167. The number of aliphatic hydroxyl groups excluding tert-OH is 1. The number of nitrogens with zero attached hydrogens (tertiary/aromatic N) is 2. The Kier molecular flexibility index (Phi) is 8.93. The van der Waals surface area contributed by atoms with Crippen LogP contribution in [0.15, 0.2) is 48.5 Å². The van der Waals surface area contributed by atoms with Crippen molar-refractivity contribution in [3.8, 4) is 5.75 Å². The zero-order valence-electron chi connectivity index (χ0n) is 21.8. The first-order chi connectivity index (χ1) is 18.2. The van der Waals surface area contributed by atoms with Gasteiger partial charge in [-0.3, -0.25) is 4.79 Å². The highest BCUT2D eigenvalue weighted by atomic mass is 16.5. The van der Waals surface area contributed by atoms with E-state index in [2.05, 4.69) is 23.1 Å². The SMILES string of the molecule is O=C(C=Cc1ccccc1OC[C@@H](O)CN1CCC(c2ccc3c(c2)CCCC3)CC1)N1CCOCC1. The van der Waals surface area contributed by atoms with E-state index >= 15 is 0 Å². The molecule has 6 nitrogen and oxygen atoms in total. The normalized spacial score (nSPS) is 20.1. The molecule has 5 rings (SSSR count). The number of aryl methyl sites for hydroxylation is 2. The average Bonchev–Trinajstić information content (AvgIpc) is 2.96. The number of carbonyl (C=O) groups is 1. The van der Waals surface area contributed by atoms with Gasteiger partial charge in [0.05, 0.1) is 13.2 Å². The van der Waals surface area contributed by atoms with E-state index in [1.807, 2.05) is 24.3 Å². The lowest BCUT2D eigenvalue weighted by Crippen LogP contribution is -2.40. The molecule has 0 aromatic heterocycles. The number of morpholine rings is 1. The molecule has 0 saturated carbocycles. The Labute approximate surface area is 220 Å². The molecule has 0 bridgehead atoms. The number of β-amino-alcohol motifs (C(OH)–C–C–N with tert-alkyl or cyclic N) is 1. The molecule has 2 aromatic rings. The molecule has 0 radical (unpaired) electrons. The second-order valence-corrected chi connectivity index (χ2v) is 10.6. The van der Waals surface area contributed by atoms with Gasteiger partial charge in [-0.15, -0.1) is 0 Å². The lowest BCUT2D eigenvalue weighted by molar-refractivity contribution is -0.129. The van der Waals surface area contributed by atoms with E-state index in [1.165, 1.54) is 31.2 Å². The topological polar surface area (TPSA) is 62.2 Å². The molecule has 0 spiro atoms. The van der Waals surface area contributed by atoms with Crippen LogP contribution in [0.5, 0.6) is 5.75 Å². The molecule has 2 saturated heterocycles. The number of amides is 1. The molecular weight excluding hydrogens is 464 g/mol. The van der Waals surface area contributed by atoms with Crippen LogP contribution in [0.4, 0.5) is 0 Å². The van der Waals surface area contributed by atoms with Gasteiger partial charge in [-0.1, -0.05) is 36.4 Å². The molecule has 6 heteroatoms. The largest absolute Gasteiger partial charge is 0.490 e. The van der Waals surface area contributed by atoms with Gasteiger partial charge in [-0.25, -0.2) is 0 Å². The third-order valence-electron chi connectivity index (χ3n) is 7.98. The van der Waals surface area contributed by atoms with Crippen LogP contribution in [0.1, 0.15) is 53.9 Å². The van der Waals surface area contributed by atoms with Crippen molar-refractivity contribution in [3.05, 3.63) is 70.8 Å². The molecule has 1 N–H and O–H groups in total. The van der Waals surface area contributed by atoms with Crippen molar-refractivity contribution in [2.24, 2.45) is 0 Å². The molecule has 2 aromatic carbocycles. The van der Waals surface area contributed by atoms with Crippen molar-refractivity contribution >= 4 is 12.0 Å². The number of piperidine rings is 1. The Hall–Kier alpha value is -2.67. The van der Waals surface area contributed by atoms with Crippen LogP contribution in [0.2, 0.25) is 0 Å². The van der Waals surface area contributed by atoms with Gasteiger partial charge >= 0.3 is 0 Å². The highest BCUT2D eigenvalue weighted by Crippen LogP contribution is 2.31. The fourth-order valence-electron chi connectivity index (χ4n) is 5.79. The van der Waals surface area contributed by atoms with Gasteiger partial charge in [0.25, 0.3) is 0 Å². The molecule has 2 heterocycles. The minimum atomic E-state index is -0.563. The Morgan fingerprint density at radius 2 is 1.78 bits per heavy atom. The highest BCUT2D eigenvalue weighted by Gasteiger charge is 2.23. The van der Waals surface area contributed by atoms with Crippen LogP contribution in [0.3, 0.4) is 0 Å². The van der Waals surface area contributed by atoms with Crippen molar-refractivity contribution in [1.82, 2.24) is 9.80 Å². The smallest absolute Gasteiger partial charge is 0.246 e. The molecule has 37 heavy (non-hydrogen) atoms. The van der Waals surface area contributed by atoms with E-state index < -0.39 is 6.10 Å². The fourth-order valence-corrected chi connectivity index (χ4v) is 5.79. The van der Waals surface area contributed by atoms with Gasteiger partial charge in [0.1, 0.15) is 18.5 Å². The van der Waals surface area contributed by atoms with Gasteiger partial charge in [0.2, 0.25) is 5.91 Å². The molecule has 1 amide bonds. The number of fused-ring (bicyclic) bond motifs is 1. The molecule has 3 aliphatic rings. The van der Waals surface area contributed by atoms with Crippen LogP contribution < -0.4 is 4.74 Å². The van der Waals surface area contributed by atoms with Crippen molar-refractivity contribution in [2.45, 2.75) is 50.5 Å². The monoisotopic (exact) mass is 504 g/mol. The summed E-state index contributed by atoms with van der Waals surface area (Å²) in [5, 5.41) is 10.7. The first kappa shape index (κ1) is 26.0. The van der Waals surface area contributed by atoms with Crippen LogP contribution in [-0.4, -0.2) is 79.5 Å². The van der Waals surface area contributed by atoms with Gasteiger partial charge in [0, 0.05) is 31.3 Å². The molecule has 2 aliphatic heterocycles. The maximum atomic E-state index is 12.4. The Bertz CT molecular complexity index is 1070. The molecule has 198 valence electrons. The van der Waals surface area contributed by atoms with Crippen LogP contribution in [0, 0.1) is 0 Å².